The van der Waals surface area contributed by atoms with Gasteiger partial charge in [0, 0.05) is 25.7 Å². The van der Waals surface area contributed by atoms with Crippen molar-refractivity contribution in [3.05, 3.63) is 59.7 Å². The second-order valence-corrected chi connectivity index (χ2v) is 8.05. The van der Waals surface area contributed by atoms with E-state index < -0.39 is 10.0 Å². The van der Waals surface area contributed by atoms with Crippen LogP contribution in [0.1, 0.15) is 17.5 Å². The minimum Gasteiger partial charge on any atom is -0.315 e. The van der Waals surface area contributed by atoms with Crippen molar-refractivity contribution < 1.29 is 13.2 Å². The molecule has 0 spiro atoms. The van der Waals surface area contributed by atoms with Crippen molar-refractivity contribution in [3.8, 4) is 0 Å². The predicted molar refractivity (Wildman–Crippen MR) is 103 cm³/mol. The predicted octanol–water partition coefficient (Wildman–Crippen LogP) is 3.12. The highest BCUT2D eigenvalue weighted by molar-refractivity contribution is 7.92. The first-order chi connectivity index (χ1) is 11.7. The zero-order chi connectivity index (χ0) is 18.6. The van der Waals surface area contributed by atoms with E-state index in [-0.39, 0.29) is 18.9 Å². The molecular formula is C19H24N2O3S. The topological polar surface area (TPSA) is 57.7 Å². The average molecular weight is 360 g/mol. The molecule has 0 aliphatic carbocycles. The molecule has 5 nitrogen and oxygen atoms in total. The van der Waals surface area contributed by atoms with Crippen LogP contribution in [0.25, 0.3) is 0 Å². The normalized spacial score (nSPS) is 11.2. The number of rotatable bonds is 6. The van der Waals surface area contributed by atoms with E-state index in [1.54, 1.807) is 18.0 Å². The highest BCUT2D eigenvalue weighted by atomic mass is 32.2. The molecule has 2 aromatic carbocycles. The molecule has 0 saturated heterocycles. The van der Waals surface area contributed by atoms with Gasteiger partial charge in [-0.05, 0) is 49.2 Å². The van der Waals surface area contributed by atoms with Gasteiger partial charge in [-0.15, -0.1) is 0 Å². The lowest BCUT2D eigenvalue weighted by Crippen LogP contribution is -2.35. The van der Waals surface area contributed by atoms with Gasteiger partial charge in [0.1, 0.15) is 0 Å². The molecule has 2 aromatic rings. The first kappa shape index (κ1) is 19.0. The van der Waals surface area contributed by atoms with E-state index in [1.165, 1.54) is 4.31 Å². The molecule has 0 aliphatic heterocycles. The Kier molecular flexibility index (Phi) is 5.85. The van der Waals surface area contributed by atoms with Gasteiger partial charge in [0.2, 0.25) is 15.9 Å². The van der Waals surface area contributed by atoms with Crippen molar-refractivity contribution in [2.24, 2.45) is 0 Å². The van der Waals surface area contributed by atoms with E-state index in [0.29, 0.717) is 5.69 Å². The van der Waals surface area contributed by atoms with Gasteiger partial charge >= 0.3 is 0 Å². The lowest BCUT2D eigenvalue weighted by molar-refractivity contribution is -0.118. The van der Waals surface area contributed by atoms with Crippen molar-refractivity contribution in [3.63, 3.8) is 0 Å². The third-order valence-corrected chi connectivity index (χ3v) is 5.42. The number of hydrogen-bond donors (Lipinski definition) is 0. The number of para-hydroxylation sites is 1. The molecule has 0 bridgehead atoms. The summed E-state index contributed by atoms with van der Waals surface area (Å²) in [7, 11) is -1.78. The monoisotopic (exact) mass is 360 g/mol. The van der Waals surface area contributed by atoms with Gasteiger partial charge < -0.3 is 4.90 Å². The van der Waals surface area contributed by atoms with Crippen molar-refractivity contribution in [2.75, 3.05) is 29.1 Å². The van der Waals surface area contributed by atoms with Crippen LogP contribution < -0.4 is 9.21 Å². The summed E-state index contributed by atoms with van der Waals surface area (Å²) in [6.45, 7) is 4.02. The number of aryl methyl sites for hydroxylation is 2. The molecule has 0 heterocycles. The molecule has 0 unspecified atom stereocenters. The SMILES string of the molecule is Cc1ccc(N(CCC(=O)N(C)c2ccccc2)S(C)(=O)=O)cc1C. The molecule has 0 saturated carbocycles. The summed E-state index contributed by atoms with van der Waals surface area (Å²) in [5.41, 5.74) is 3.47. The van der Waals surface area contributed by atoms with E-state index in [4.69, 9.17) is 0 Å². The third-order valence-electron chi connectivity index (χ3n) is 4.23. The van der Waals surface area contributed by atoms with Crippen LogP contribution in [0.4, 0.5) is 11.4 Å². The van der Waals surface area contributed by atoms with Crippen LogP contribution >= 0.6 is 0 Å². The van der Waals surface area contributed by atoms with Gasteiger partial charge in [0.25, 0.3) is 0 Å². The summed E-state index contributed by atoms with van der Waals surface area (Å²) >= 11 is 0. The number of benzene rings is 2. The molecule has 0 aliphatic rings. The minimum atomic E-state index is -3.47. The molecule has 6 heteroatoms. The summed E-state index contributed by atoms with van der Waals surface area (Å²) < 4.78 is 25.7. The minimum absolute atomic E-state index is 0.103. The van der Waals surface area contributed by atoms with Crippen LogP contribution in [0.3, 0.4) is 0 Å². The summed E-state index contributed by atoms with van der Waals surface area (Å²) in [6, 6.07) is 14.8. The molecule has 0 N–H and O–H groups in total. The third kappa shape index (κ3) is 4.82. The smallest absolute Gasteiger partial charge is 0.232 e. The molecule has 134 valence electrons. The van der Waals surface area contributed by atoms with Crippen LogP contribution in [-0.2, 0) is 14.8 Å². The Morgan fingerprint density at radius 1 is 0.960 bits per heavy atom. The number of anilines is 2. The number of carbonyl (C=O) groups excluding carboxylic acids is 1. The van der Waals surface area contributed by atoms with Gasteiger partial charge in [0.15, 0.2) is 0 Å². The number of carbonyl (C=O) groups is 1. The zero-order valence-corrected chi connectivity index (χ0v) is 15.9. The van der Waals surface area contributed by atoms with Gasteiger partial charge in [-0.25, -0.2) is 8.42 Å². The van der Waals surface area contributed by atoms with Crippen LogP contribution in [0.5, 0.6) is 0 Å². The van der Waals surface area contributed by atoms with Crippen molar-refractivity contribution in [1.82, 2.24) is 0 Å². The molecule has 0 atom stereocenters. The average Bonchev–Trinajstić information content (AvgIpc) is 2.57. The van der Waals surface area contributed by atoms with Gasteiger partial charge in [-0.1, -0.05) is 24.3 Å². The van der Waals surface area contributed by atoms with Crippen molar-refractivity contribution >= 4 is 27.3 Å². The Labute approximate surface area is 149 Å². The molecule has 25 heavy (non-hydrogen) atoms. The van der Waals surface area contributed by atoms with E-state index in [9.17, 15) is 13.2 Å². The van der Waals surface area contributed by atoms with Crippen LogP contribution in [0.2, 0.25) is 0 Å². The van der Waals surface area contributed by atoms with Crippen LogP contribution in [0, 0.1) is 13.8 Å². The second kappa shape index (κ2) is 7.70. The molecular weight excluding hydrogens is 336 g/mol. The number of nitrogens with zero attached hydrogens (tertiary/aromatic N) is 2. The first-order valence-corrected chi connectivity index (χ1v) is 9.91. The Bertz CT molecular complexity index is 848. The van der Waals surface area contributed by atoms with Gasteiger partial charge in [0.05, 0.1) is 11.9 Å². The summed E-state index contributed by atoms with van der Waals surface area (Å²) in [4.78, 5) is 14.0. The van der Waals surface area contributed by atoms with Crippen LogP contribution in [0.15, 0.2) is 48.5 Å². The summed E-state index contributed by atoms with van der Waals surface area (Å²) in [5.74, 6) is -0.135. The number of hydrogen-bond acceptors (Lipinski definition) is 3. The lowest BCUT2D eigenvalue weighted by atomic mass is 10.1. The van der Waals surface area contributed by atoms with Crippen molar-refractivity contribution in [1.29, 1.82) is 0 Å². The van der Waals surface area contributed by atoms with E-state index in [2.05, 4.69) is 0 Å². The fourth-order valence-corrected chi connectivity index (χ4v) is 3.45. The first-order valence-electron chi connectivity index (χ1n) is 8.06. The maximum absolute atomic E-state index is 12.4. The Morgan fingerprint density at radius 2 is 1.60 bits per heavy atom. The molecule has 0 aromatic heterocycles. The lowest BCUT2D eigenvalue weighted by Gasteiger charge is -2.24. The zero-order valence-electron chi connectivity index (χ0n) is 15.1. The van der Waals surface area contributed by atoms with E-state index in [1.807, 2.05) is 56.3 Å². The highest BCUT2D eigenvalue weighted by Crippen LogP contribution is 2.22. The molecule has 0 radical (unpaired) electrons. The maximum Gasteiger partial charge on any atom is 0.232 e. The van der Waals surface area contributed by atoms with Crippen molar-refractivity contribution in [2.45, 2.75) is 20.3 Å². The fourth-order valence-electron chi connectivity index (χ4n) is 2.53. The molecule has 1 amide bonds. The van der Waals surface area contributed by atoms with Crippen LogP contribution in [-0.4, -0.2) is 34.2 Å². The standard InChI is InChI=1S/C19H24N2O3S/c1-15-10-11-18(14-16(15)2)21(25(4,23)24)13-12-19(22)20(3)17-8-6-5-7-9-17/h5-11,14H,12-13H2,1-4H3. The molecule has 0 fully saturated rings. The number of amides is 1. The Hall–Kier alpha value is -2.34. The van der Waals surface area contributed by atoms with Gasteiger partial charge in [-0.3, -0.25) is 9.10 Å². The summed E-state index contributed by atoms with van der Waals surface area (Å²) in [6.07, 6.45) is 1.26. The second-order valence-electron chi connectivity index (χ2n) is 6.14. The Balaban J connectivity index is 2.16. The van der Waals surface area contributed by atoms with E-state index in [0.717, 1.165) is 23.1 Å². The summed E-state index contributed by atoms with van der Waals surface area (Å²) in [5, 5.41) is 0. The quantitative estimate of drug-likeness (QED) is 0.795. The fraction of sp³-hybridized carbons (Fsp3) is 0.316. The largest absolute Gasteiger partial charge is 0.315 e. The maximum atomic E-state index is 12.4. The van der Waals surface area contributed by atoms with Gasteiger partial charge in [-0.2, -0.15) is 0 Å². The molecule has 2 rings (SSSR count). The Morgan fingerprint density at radius 3 is 2.16 bits per heavy atom. The highest BCUT2D eigenvalue weighted by Gasteiger charge is 2.20. The van der Waals surface area contributed by atoms with E-state index >= 15 is 0 Å². The number of sulfonamides is 1.